The lowest BCUT2D eigenvalue weighted by Gasteiger charge is -2.22. The highest BCUT2D eigenvalue weighted by molar-refractivity contribution is 5.84. The van der Waals surface area contributed by atoms with Crippen LogP contribution in [0.5, 0.6) is 0 Å². The predicted molar refractivity (Wildman–Crippen MR) is 59.5 cm³/mol. The fraction of sp³-hybridized carbons (Fsp3) is 0.727. The second-order valence-electron chi connectivity index (χ2n) is 4.11. The van der Waals surface area contributed by atoms with Gasteiger partial charge in [0, 0.05) is 0 Å². The first-order chi connectivity index (χ1) is 8.22. The Morgan fingerprint density at radius 3 is 3.00 bits per heavy atom. The third-order valence-corrected chi connectivity index (χ3v) is 3.14. The number of rotatable bonds is 4. The predicted octanol–water partition coefficient (Wildman–Crippen LogP) is 1.23. The van der Waals surface area contributed by atoms with Crippen molar-refractivity contribution in [3.05, 3.63) is 11.7 Å². The molecule has 1 aromatic heterocycles. The lowest BCUT2D eigenvalue weighted by molar-refractivity contribution is 0.0508. The van der Waals surface area contributed by atoms with Gasteiger partial charge in [0.15, 0.2) is 0 Å². The zero-order valence-electron chi connectivity index (χ0n) is 10.2. The fourth-order valence-corrected chi connectivity index (χ4v) is 2.14. The highest BCUT2D eigenvalue weighted by Gasteiger charge is 2.39. The molecule has 6 nitrogen and oxygen atoms in total. The summed E-state index contributed by atoms with van der Waals surface area (Å²) in [5.41, 5.74) is -0.266. The van der Waals surface area contributed by atoms with Crippen LogP contribution in [0.15, 0.2) is 4.52 Å². The molecule has 0 saturated carbocycles. The zero-order valence-corrected chi connectivity index (χ0v) is 10.2. The van der Waals surface area contributed by atoms with E-state index in [2.05, 4.69) is 22.4 Å². The minimum absolute atomic E-state index is 0.00312. The Morgan fingerprint density at radius 2 is 2.41 bits per heavy atom. The molecule has 1 atom stereocenters. The van der Waals surface area contributed by atoms with Crippen molar-refractivity contribution in [2.24, 2.45) is 0 Å². The van der Waals surface area contributed by atoms with Crippen LogP contribution in [0, 0.1) is 0 Å². The smallest absolute Gasteiger partial charge is 0.379 e. The number of nitrogens with zero attached hydrogens (tertiary/aromatic N) is 2. The molecule has 0 aliphatic carbocycles. The third-order valence-electron chi connectivity index (χ3n) is 3.14. The molecule has 1 aromatic rings. The molecule has 94 valence electrons. The number of ether oxygens (including phenoxy) is 1. The Bertz CT molecular complexity index is 396. The van der Waals surface area contributed by atoms with Crippen LogP contribution in [-0.2, 0) is 10.3 Å². The van der Waals surface area contributed by atoms with Gasteiger partial charge in [-0.2, -0.15) is 4.98 Å². The quantitative estimate of drug-likeness (QED) is 0.796. The molecule has 1 unspecified atom stereocenters. The molecule has 17 heavy (non-hydrogen) atoms. The molecule has 1 saturated heterocycles. The second-order valence-corrected chi connectivity index (χ2v) is 4.11. The first-order valence-corrected chi connectivity index (χ1v) is 5.98. The minimum Gasteiger partial charge on any atom is -0.460 e. The first kappa shape index (κ1) is 12.0. The highest BCUT2D eigenvalue weighted by atomic mass is 16.5. The van der Waals surface area contributed by atoms with Crippen LogP contribution >= 0.6 is 0 Å². The molecule has 2 heterocycles. The summed E-state index contributed by atoms with van der Waals surface area (Å²) < 4.78 is 10.0. The average molecular weight is 239 g/mol. The number of carbonyl (C=O) groups excluding carboxylic acids is 1. The maximum atomic E-state index is 11.4. The van der Waals surface area contributed by atoms with Crippen molar-refractivity contribution in [2.45, 2.75) is 38.6 Å². The third kappa shape index (κ3) is 2.17. The van der Waals surface area contributed by atoms with E-state index in [4.69, 9.17) is 9.26 Å². The maximum absolute atomic E-state index is 11.4. The molecule has 1 aliphatic heterocycles. The number of esters is 1. The molecule has 0 bridgehead atoms. The normalized spacial score (nSPS) is 23.9. The summed E-state index contributed by atoms with van der Waals surface area (Å²) in [6, 6.07) is 0. The molecule has 2 rings (SSSR count). The van der Waals surface area contributed by atoms with E-state index in [1.807, 2.05) is 0 Å². The molecule has 1 N–H and O–H groups in total. The highest BCUT2D eigenvalue weighted by Crippen LogP contribution is 2.32. The number of hydrogen-bond donors (Lipinski definition) is 1. The van der Waals surface area contributed by atoms with E-state index in [0.29, 0.717) is 12.5 Å². The summed E-state index contributed by atoms with van der Waals surface area (Å²) in [7, 11) is 0. The average Bonchev–Trinajstić information content (AvgIpc) is 2.99. The lowest BCUT2D eigenvalue weighted by Crippen LogP contribution is -2.36. The van der Waals surface area contributed by atoms with E-state index < -0.39 is 5.97 Å². The molecule has 0 aromatic carbocycles. The molecule has 0 radical (unpaired) electrons. The van der Waals surface area contributed by atoms with Gasteiger partial charge in [-0.1, -0.05) is 6.92 Å². The minimum atomic E-state index is -0.535. The molecule has 6 heteroatoms. The molecular weight excluding hydrogens is 222 g/mol. The molecule has 1 aliphatic rings. The largest absolute Gasteiger partial charge is 0.460 e. The second kappa shape index (κ2) is 4.83. The number of carbonyl (C=O) groups is 1. The van der Waals surface area contributed by atoms with Gasteiger partial charge in [0.25, 0.3) is 5.82 Å². The Kier molecular flexibility index (Phi) is 3.42. The molecule has 1 fully saturated rings. The zero-order chi connectivity index (χ0) is 12.3. The van der Waals surface area contributed by atoms with Gasteiger partial charge in [-0.3, -0.25) is 0 Å². The molecular formula is C11H17N3O3. The van der Waals surface area contributed by atoms with Gasteiger partial charge < -0.3 is 14.6 Å². The number of hydrogen-bond acceptors (Lipinski definition) is 6. The lowest BCUT2D eigenvalue weighted by atomic mass is 9.94. The Labute approximate surface area is 99.7 Å². The van der Waals surface area contributed by atoms with Crippen LogP contribution in [0.3, 0.4) is 0 Å². The van der Waals surface area contributed by atoms with Crippen molar-refractivity contribution >= 4 is 5.97 Å². The summed E-state index contributed by atoms with van der Waals surface area (Å²) in [5.74, 6) is -0.0457. The van der Waals surface area contributed by atoms with Crippen molar-refractivity contribution < 1.29 is 14.1 Å². The van der Waals surface area contributed by atoms with E-state index >= 15 is 0 Å². The maximum Gasteiger partial charge on any atom is 0.379 e. The fourth-order valence-electron chi connectivity index (χ4n) is 2.14. The first-order valence-electron chi connectivity index (χ1n) is 5.98. The summed E-state index contributed by atoms with van der Waals surface area (Å²) in [6.07, 6.45) is 2.89. The van der Waals surface area contributed by atoms with Gasteiger partial charge >= 0.3 is 5.97 Å². The summed E-state index contributed by atoms with van der Waals surface area (Å²) in [4.78, 5) is 15.6. The van der Waals surface area contributed by atoms with E-state index in [9.17, 15) is 4.79 Å². The van der Waals surface area contributed by atoms with E-state index in [1.54, 1.807) is 6.92 Å². The summed E-state index contributed by atoms with van der Waals surface area (Å²) >= 11 is 0. The van der Waals surface area contributed by atoms with Crippen molar-refractivity contribution in [3.63, 3.8) is 0 Å². The van der Waals surface area contributed by atoms with Crippen molar-refractivity contribution in [3.8, 4) is 0 Å². The van der Waals surface area contributed by atoms with Crippen molar-refractivity contribution in [1.29, 1.82) is 0 Å². The Hall–Kier alpha value is -1.43. The van der Waals surface area contributed by atoms with Crippen LogP contribution in [0.4, 0.5) is 0 Å². The van der Waals surface area contributed by atoms with Gasteiger partial charge in [0.05, 0.1) is 12.1 Å². The number of aromatic nitrogens is 2. The standard InChI is InChI=1S/C11H17N3O3/c1-3-11(6-5-7-12-11)10-13-8(14-17-10)9(15)16-4-2/h12H,3-7H2,1-2H3. The van der Waals surface area contributed by atoms with Crippen LogP contribution in [0.25, 0.3) is 0 Å². The molecule has 0 spiro atoms. The van der Waals surface area contributed by atoms with E-state index in [1.165, 1.54) is 0 Å². The van der Waals surface area contributed by atoms with Crippen LogP contribution in [0.2, 0.25) is 0 Å². The van der Waals surface area contributed by atoms with Crippen molar-refractivity contribution in [1.82, 2.24) is 15.5 Å². The topological polar surface area (TPSA) is 77.2 Å². The van der Waals surface area contributed by atoms with Gasteiger partial charge in [0.1, 0.15) is 0 Å². The van der Waals surface area contributed by atoms with Crippen LogP contribution < -0.4 is 5.32 Å². The van der Waals surface area contributed by atoms with Crippen LogP contribution in [0.1, 0.15) is 49.6 Å². The number of nitrogens with one attached hydrogen (secondary N) is 1. The van der Waals surface area contributed by atoms with E-state index in [0.717, 1.165) is 25.8 Å². The Balaban J connectivity index is 2.19. The van der Waals surface area contributed by atoms with Gasteiger partial charge in [-0.15, -0.1) is 0 Å². The molecule has 0 amide bonds. The van der Waals surface area contributed by atoms with Gasteiger partial charge in [-0.05, 0) is 37.9 Å². The van der Waals surface area contributed by atoms with Gasteiger partial charge in [0.2, 0.25) is 5.89 Å². The van der Waals surface area contributed by atoms with Crippen molar-refractivity contribution in [2.75, 3.05) is 13.2 Å². The summed E-state index contributed by atoms with van der Waals surface area (Å²) in [5, 5.41) is 7.04. The SMILES string of the molecule is CCOC(=O)c1noc(C2(CC)CCCN2)n1. The Morgan fingerprint density at radius 1 is 1.59 bits per heavy atom. The van der Waals surface area contributed by atoms with Gasteiger partial charge in [-0.25, -0.2) is 4.79 Å². The van der Waals surface area contributed by atoms with E-state index in [-0.39, 0.29) is 11.4 Å². The monoisotopic (exact) mass is 239 g/mol. The summed E-state index contributed by atoms with van der Waals surface area (Å²) in [6.45, 7) is 5.04. The van der Waals surface area contributed by atoms with Crippen LogP contribution in [-0.4, -0.2) is 29.3 Å².